The molecular formula is C22H20F3N3. The molecule has 0 bridgehead atoms. The zero-order valence-corrected chi connectivity index (χ0v) is 15.8. The summed E-state index contributed by atoms with van der Waals surface area (Å²) in [6.45, 7) is 5.74. The first kappa shape index (κ1) is 19.6. The topological polar surface area (TPSA) is 40.5 Å². The van der Waals surface area contributed by atoms with Gasteiger partial charge in [-0.25, -0.2) is 0 Å². The van der Waals surface area contributed by atoms with E-state index in [1.54, 1.807) is 6.92 Å². The molecule has 0 aliphatic heterocycles. The van der Waals surface area contributed by atoms with Crippen molar-refractivity contribution in [1.82, 2.24) is 4.98 Å². The standard InChI is InChI=1S/C22H20F3N3/c1-14-4-8-18(9-5-14)26-15(2)20-12-13-21(28-20)16(3)27-19-10-6-17(7-11-19)22(23,24)25/h4-13,28H,1-3H3. The molecule has 0 saturated carbocycles. The smallest absolute Gasteiger partial charge is 0.353 e. The van der Waals surface area contributed by atoms with Gasteiger partial charge in [0.2, 0.25) is 0 Å². The third kappa shape index (κ3) is 4.76. The third-order valence-electron chi connectivity index (χ3n) is 4.29. The van der Waals surface area contributed by atoms with E-state index in [-0.39, 0.29) is 0 Å². The highest BCUT2D eigenvalue weighted by Gasteiger charge is 2.29. The van der Waals surface area contributed by atoms with Gasteiger partial charge < -0.3 is 4.98 Å². The van der Waals surface area contributed by atoms with E-state index in [0.29, 0.717) is 11.4 Å². The van der Waals surface area contributed by atoms with E-state index in [1.807, 2.05) is 50.2 Å². The van der Waals surface area contributed by atoms with Crippen LogP contribution in [0, 0.1) is 6.92 Å². The molecule has 0 saturated heterocycles. The minimum absolute atomic E-state index is 0.465. The van der Waals surface area contributed by atoms with Gasteiger partial charge in [0.1, 0.15) is 0 Å². The summed E-state index contributed by atoms with van der Waals surface area (Å²) in [4.78, 5) is 12.3. The predicted molar refractivity (Wildman–Crippen MR) is 107 cm³/mol. The van der Waals surface area contributed by atoms with Crippen LogP contribution in [0.25, 0.3) is 0 Å². The number of alkyl halides is 3. The van der Waals surface area contributed by atoms with Gasteiger partial charge in [0.05, 0.1) is 39.7 Å². The van der Waals surface area contributed by atoms with Crippen molar-refractivity contribution in [2.24, 2.45) is 9.98 Å². The normalized spacial score (nSPS) is 13.1. The minimum Gasteiger partial charge on any atom is -0.353 e. The fourth-order valence-electron chi connectivity index (χ4n) is 2.67. The molecule has 1 N–H and O–H groups in total. The van der Waals surface area contributed by atoms with Gasteiger partial charge in [-0.05, 0) is 69.3 Å². The number of aromatic nitrogens is 1. The lowest BCUT2D eigenvalue weighted by Gasteiger charge is -2.06. The number of rotatable bonds is 4. The Morgan fingerprint density at radius 2 is 1.14 bits per heavy atom. The van der Waals surface area contributed by atoms with Gasteiger partial charge in [0.25, 0.3) is 0 Å². The SMILES string of the molecule is CC(=Nc1ccc(C)cc1)c1ccc(C(C)=Nc2ccc(C(F)(F)F)cc2)[nH]1. The molecular weight excluding hydrogens is 363 g/mol. The van der Waals surface area contributed by atoms with Crippen LogP contribution in [0.2, 0.25) is 0 Å². The second kappa shape index (κ2) is 7.84. The monoisotopic (exact) mass is 383 g/mol. The first-order valence-electron chi connectivity index (χ1n) is 8.76. The van der Waals surface area contributed by atoms with E-state index < -0.39 is 11.7 Å². The number of aliphatic imine (C=N–C) groups is 2. The van der Waals surface area contributed by atoms with E-state index in [2.05, 4.69) is 15.0 Å². The van der Waals surface area contributed by atoms with Gasteiger partial charge in [-0.2, -0.15) is 13.2 Å². The van der Waals surface area contributed by atoms with E-state index in [4.69, 9.17) is 0 Å². The molecule has 2 aromatic carbocycles. The summed E-state index contributed by atoms with van der Waals surface area (Å²) in [5, 5.41) is 0. The quantitative estimate of drug-likeness (QED) is 0.492. The summed E-state index contributed by atoms with van der Waals surface area (Å²) < 4.78 is 37.9. The second-order valence-corrected chi connectivity index (χ2v) is 6.56. The highest BCUT2D eigenvalue weighted by atomic mass is 19.4. The van der Waals surface area contributed by atoms with E-state index in [0.717, 1.165) is 34.9 Å². The van der Waals surface area contributed by atoms with Gasteiger partial charge in [0, 0.05) is 0 Å². The molecule has 0 radical (unpaired) electrons. The number of nitrogens with one attached hydrogen (secondary N) is 1. The van der Waals surface area contributed by atoms with Crippen molar-refractivity contribution in [1.29, 1.82) is 0 Å². The van der Waals surface area contributed by atoms with Crippen molar-refractivity contribution < 1.29 is 13.2 Å². The fourth-order valence-corrected chi connectivity index (χ4v) is 2.67. The minimum atomic E-state index is -4.35. The number of nitrogens with zero attached hydrogens (tertiary/aromatic N) is 2. The first-order chi connectivity index (χ1) is 13.2. The fraction of sp³-hybridized carbons (Fsp3) is 0.182. The molecule has 0 atom stereocenters. The summed E-state index contributed by atoms with van der Waals surface area (Å²) in [5.74, 6) is 0. The molecule has 1 aromatic heterocycles. The first-order valence-corrected chi connectivity index (χ1v) is 8.76. The Morgan fingerprint density at radius 1 is 0.714 bits per heavy atom. The Bertz CT molecular complexity index is 1010. The molecule has 6 heteroatoms. The number of halogens is 3. The molecule has 0 spiro atoms. The van der Waals surface area contributed by atoms with Crippen molar-refractivity contribution >= 4 is 22.8 Å². The molecule has 28 heavy (non-hydrogen) atoms. The average Bonchev–Trinajstić information content (AvgIpc) is 3.14. The average molecular weight is 383 g/mol. The van der Waals surface area contributed by atoms with Crippen LogP contribution < -0.4 is 0 Å². The number of benzene rings is 2. The van der Waals surface area contributed by atoms with Crippen LogP contribution >= 0.6 is 0 Å². The number of aromatic amines is 1. The lowest BCUT2D eigenvalue weighted by atomic mass is 10.2. The van der Waals surface area contributed by atoms with Crippen molar-refractivity contribution in [3.63, 3.8) is 0 Å². The maximum Gasteiger partial charge on any atom is 0.416 e. The molecule has 0 amide bonds. The Morgan fingerprint density at radius 3 is 1.57 bits per heavy atom. The Hall–Kier alpha value is -3.15. The van der Waals surface area contributed by atoms with Crippen molar-refractivity contribution in [3.8, 4) is 0 Å². The maximum absolute atomic E-state index is 12.6. The molecule has 0 fully saturated rings. The van der Waals surface area contributed by atoms with Crippen LogP contribution in [-0.4, -0.2) is 16.4 Å². The lowest BCUT2D eigenvalue weighted by Crippen LogP contribution is -2.03. The Balaban J connectivity index is 1.78. The summed E-state index contributed by atoms with van der Waals surface area (Å²) in [5.41, 5.74) is 4.97. The highest BCUT2D eigenvalue weighted by Crippen LogP contribution is 2.30. The molecule has 0 aliphatic carbocycles. The second-order valence-electron chi connectivity index (χ2n) is 6.56. The van der Waals surface area contributed by atoms with Gasteiger partial charge in [-0.3, -0.25) is 9.98 Å². The van der Waals surface area contributed by atoms with E-state index in [9.17, 15) is 13.2 Å². The van der Waals surface area contributed by atoms with Crippen LogP contribution in [0.5, 0.6) is 0 Å². The van der Waals surface area contributed by atoms with Crippen LogP contribution in [0.3, 0.4) is 0 Å². The molecule has 0 unspecified atom stereocenters. The number of H-pyrrole nitrogens is 1. The Labute approximate surface area is 161 Å². The summed E-state index contributed by atoms with van der Waals surface area (Å²) >= 11 is 0. The number of hydrogen-bond donors (Lipinski definition) is 1. The van der Waals surface area contributed by atoms with Gasteiger partial charge >= 0.3 is 6.18 Å². The molecule has 3 aromatic rings. The van der Waals surface area contributed by atoms with Crippen molar-refractivity contribution in [2.75, 3.05) is 0 Å². The zero-order valence-electron chi connectivity index (χ0n) is 15.8. The van der Waals surface area contributed by atoms with Crippen LogP contribution in [0.15, 0.2) is 70.6 Å². The number of aryl methyl sites for hydroxylation is 1. The molecule has 0 aliphatic rings. The summed E-state index contributed by atoms with van der Waals surface area (Å²) in [6, 6.07) is 16.5. The van der Waals surface area contributed by atoms with E-state index in [1.165, 1.54) is 17.7 Å². The van der Waals surface area contributed by atoms with Gasteiger partial charge in [-0.15, -0.1) is 0 Å². The third-order valence-corrected chi connectivity index (χ3v) is 4.29. The Kier molecular flexibility index (Phi) is 5.49. The van der Waals surface area contributed by atoms with Gasteiger partial charge in [0.15, 0.2) is 0 Å². The molecule has 3 nitrogen and oxygen atoms in total. The van der Waals surface area contributed by atoms with Crippen molar-refractivity contribution in [2.45, 2.75) is 26.9 Å². The van der Waals surface area contributed by atoms with Crippen LogP contribution in [0.4, 0.5) is 24.5 Å². The van der Waals surface area contributed by atoms with Gasteiger partial charge in [-0.1, -0.05) is 17.7 Å². The predicted octanol–water partition coefficient (Wildman–Crippen LogP) is 6.62. The van der Waals surface area contributed by atoms with Crippen LogP contribution in [-0.2, 0) is 6.18 Å². The van der Waals surface area contributed by atoms with Crippen molar-refractivity contribution in [3.05, 3.63) is 83.2 Å². The molecule has 3 rings (SSSR count). The molecule has 1 heterocycles. The lowest BCUT2D eigenvalue weighted by molar-refractivity contribution is -0.137. The summed E-state index contributed by atoms with van der Waals surface area (Å²) in [7, 11) is 0. The van der Waals surface area contributed by atoms with E-state index >= 15 is 0 Å². The number of hydrogen-bond acceptors (Lipinski definition) is 2. The highest BCUT2D eigenvalue weighted by molar-refractivity contribution is 6.03. The maximum atomic E-state index is 12.6. The molecule has 144 valence electrons. The zero-order chi connectivity index (χ0) is 20.3. The largest absolute Gasteiger partial charge is 0.416 e. The van der Waals surface area contributed by atoms with Crippen LogP contribution in [0.1, 0.15) is 36.4 Å². The summed E-state index contributed by atoms with van der Waals surface area (Å²) in [6.07, 6.45) is -4.35.